The molecule has 0 saturated heterocycles. The number of aliphatic hydroxyl groups excluding tert-OH is 1. The summed E-state index contributed by atoms with van der Waals surface area (Å²) in [4.78, 5) is 8.25. The first-order valence-electron chi connectivity index (χ1n) is 5.06. The molecule has 0 atom stereocenters. The third-order valence-corrected chi connectivity index (χ3v) is 2.72. The molecule has 17 heavy (non-hydrogen) atoms. The van der Waals surface area contributed by atoms with E-state index in [-0.39, 0.29) is 12.6 Å². The number of hydrogen-bond donors (Lipinski definition) is 1. The maximum Gasteiger partial charge on any atom is 0.322 e. The van der Waals surface area contributed by atoms with Gasteiger partial charge in [0.1, 0.15) is 5.75 Å². The number of ether oxygens (including phenoxy) is 1. The van der Waals surface area contributed by atoms with Gasteiger partial charge in [0.15, 0.2) is 0 Å². The lowest BCUT2D eigenvalue weighted by Gasteiger charge is -2.06. The average Bonchev–Trinajstić information content (AvgIpc) is 2.28. The van der Waals surface area contributed by atoms with E-state index in [9.17, 15) is 0 Å². The molecule has 1 N–H and O–H groups in total. The van der Waals surface area contributed by atoms with Crippen molar-refractivity contribution in [2.75, 3.05) is 0 Å². The normalized spacial score (nSPS) is 10.3. The Balaban J connectivity index is 2.26. The number of rotatable bonds is 3. The second-order valence-corrected chi connectivity index (χ2v) is 4.75. The van der Waals surface area contributed by atoms with Crippen molar-refractivity contribution in [1.82, 2.24) is 9.97 Å². The summed E-state index contributed by atoms with van der Waals surface area (Å²) < 4.78 is 6.62. The lowest BCUT2D eigenvalue weighted by Crippen LogP contribution is -1.98. The molecule has 0 aliphatic carbocycles. The van der Waals surface area contributed by atoms with Gasteiger partial charge in [0, 0.05) is 9.26 Å². The Bertz CT molecular complexity index is 532. The summed E-state index contributed by atoms with van der Waals surface area (Å²) in [6, 6.07) is 9.60. The maximum absolute atomic E-state index is 9.05. The van der Waals surface area contributed by atoms with Crippen LogP contribution in [0.2, 0.25) is 0 Å². The zero-order chi connectivity index (χ0) is 12.3. The smallest absolute Gasteiger partial charge is 0.322 e. The van der Waals surface area contributed by atoms with Crippen LogP contribution < -0.4 is 4.74 Å². The molecule has 0 unspecified atom stereocenters. The molecule has 1 aromatic heterocycles. The number of halogens is 1. The molecular formula is C12H11IN2O2. The highest BCUT2D eigenvalue weighted by Gasteiger charge is 2.04. The van der Waals surface area contributed by atoms with E-state index in [1.807, 2.05) is 31.2 Å². The molecule has 0 radical (unpaired) electrons. The predicted molar refractivity (Wildman–Crippen MR) is 71.9 cm³/mol. The first kappa shape index (κ1) is 12.3. The first-order valence-corrected chi connectivity index (χ1v) is 6.14. The van der Waals surface area contributed by atoms with Crippen LogP contribution in [0.5, 0.6) is 11.8 Å². The molecule has 0 aliphatic rings. The van der Waals surface area contributed by atoms with Crippen LogP contribution in [-0.2, 0) is 6.61 Å². The fraction of sp³-hybridized carbons (Fsp3) is 0.167. The standard InChI is InChI=1S/C12H11IN2O2/c1-8-5-10(7-16)15-12(14-8)17-11-4-2-3-9(13)6-11/h2-6,16H,7H2,1H3. The molecule has 2 aromatic rings. The van der Waals surface area contributed by atoms with Gasteiger partial charge in [-0.3, -0.25) is 0 Å². The minimum Gasteiger partial charge on any atom is -0.424 e. The van der Waals surface area contributed by atoms with Crippen molar-refractivity contribution in [3.63, 3.8) is 0 Å². The van der Waals surface area contributed by atoms with E-state index in [0.29, 0.717) is 11.4 Å². The van der Waals surface area contributed by atoms with Gasteiger partial charge in [-0.25, -0.2) is 4.98 Å². The van der Waals surface area contributed by atoms with Crippen LogP contribution in [0.4, 0.5) is 0 Å². The average molecular weight is 342 g/mol. The Labute approximate surface area is 113 Å². The van der Waals surface area contributed by atoms with Crippen LogP contribution in [0.1, 0.15) is 11.4 Å². The highest BCUT2D eigenvalue weighted by molar-refractivity contribution is 14.1. The van der Waals surface area contributed by atoms with Gasteiger partial charge in [-0.1, -0.05) is 6.07 Å². The fourth-order valence-electron chi connectivity index (χ4n) is 1.37. The van der Waals surface area contributed by atoms with Gasteiger partial charge in [-0.2, -0.15) is 4.98 Å². The molecule has 0 amide bonds. The van der Waals surface area contributed by atoms with Crippen LogP contribution in [0, 0.1) is 10.5 Å². The van der Waals surface area contributed by atoms with Crippen molar-refractivity contribution in [2.24, 2.45) is 0 Å². The number of aromatic nitrogens is 2. The molecule has 0 aliphatic heterocycles. The van der Waals surface area contributed by atoms with E-state index < -0.39 is 0 Å². The summed E-state index contributed by atoms with van der Waals surface area (Å²) in [5, 5.41) is 9.05. The Morgan fingerprint density at radius 3 is 2.82 bits per heavy atom. The lowest BCUT2D eigenvalue weighted by molar-refractivity contribution is 0.274. The molecule has 5 heteroatoms. The van der Waals surface area contributed by atoms with Crippen LogP contribution in [0.15, 0.2) is 30.3 Å². The highest BCUT2D eigenvalue weighted by Crippen LogP contribution is 2.20. The van der Waals surface area contributed by atoms with Gasteiger partial charge in [-0.15, -0.1) is 0 Å². The van der Waals surface area contributed by atoms with Crippen LogP contribution in [0.25, 0.3) is 0 Å². The minimum atomic E-state index is -0.119. The summed E-state index contributed by atoms with van der Waals surface area (Å²) >= 11 is 2.21. The van der Waals surface area contributed by atoms with Crippen LogP contribution >= 0.6 is 22.6 Å². The quantitative estimate of drug-likeness (QED) is 0.872. The molecule has 0 fully saturated rings. The van der Waals surface area contributed by atoms with E-state index in [2.05, 4.69) is 32.6 Å². The zero-order valence-corrected chi connectivity index (χ0v) is 11.4. The Kier molecular flexibility index (Phi) is 3.90. The van der Waals surface area contributed by atoms with Gasteiger partial charge in [-0.05, 0) is 53.8 Å². The molecule has 0 saturated carbocycles. The first-order chi connectivity index (χ1) is 8.17. The van der Waals surface area contributed by atoms with Gasteiger partial charge in [0.05, 0.1) is 12.3 Å². The van der Waals surface area contributed by atoms with Gasteiger partial charge in [0.2, 0.25) is 0 Å². The second-order valence-electron chi connectivity index (χ2n) is 3.50. The van der Waals surface area contributed by atoms with Gasteiger partial charge < -0.3 is 9.84 Å². The monoisotopic (exact) mass is 342 g/mol. The lowest BCUT2D eigenvalue weighted by atomic mass is 10.3. The highest BCUT2D eigenvalue weighted by atomic mass is 127. The zero-order valence-electron chi connectivity index (χ0n) is 9.22. The van der Waals surface area contributed by atoms with Crippen molar-refractivity contribution in [3.8, 4) is 11.8 Å². The van der Waals surface area contributed by atoms with Crippen LogP contribution in [-0.4, -0.2) is 15.1 Å². The minimum absolute atomic E-state index is 0.119. The second kappa shape index (κ2) is 5.42. The molecule has 2 rings (SSSR count). The Morgan fingerprint density at radius 1 is 1.29 bits per heavy atom. The number of benzene rings is 1. The Hall–Kier alpha value is -1.21. The van der Waals surface area contributed by atoms with Crippen molar-refractivity contribution < 1.29 is 9.84 Å². The van der Waals surface area contributed by atoms with E-state index in [0.717, 1.165) is 9.26 Å². The molecule has 1 heterocycles. The molecule has 4 nitrogen and oxygen atoms in total. The fourth-order valence-corrected chi connectivity index (χ4v) is 1.88. The SMILES string of the molecule is Cc1cc(CO)nc(Oc2cccc(I)c2)n1. The van der Waals surface area contributed by atoms with E-state index in [4.69, 9.17) is 9.84 Å². The molecule has 1 aromatic carbocycles. The molecule has 0 spiro atoms. The number of hydrogen-bond acceptors (Lipinski definition) is 4. The number of aryl methyl sites for hydroxylation is 1. The summed E-state index contributed by atoms with van der Waals surface area (Å²) in [5.41, 5.74) is 1.32. The Morgan fingerprint density at radius 2 is 2.12 bits per heavy atom. The van der Waals surface area contributed by atoms with Crippen molar-refractivity contribution in [2.45, 2.75) is 13.5 Å². The third kappa shape index (κ3) is 3.37. The number of aliphatic hydroxyl groups is 1. The largest absolute Gasteiger partial charge is 0.424 e. The van der Waals surface area contributed by atoms with E-state index >= 15 is 0 Å². The van der Waals surface area contributed by atoms with Crippen molar-refractivity contribution in [1.29, 1.82) is 0 Å². The summed E-state index contributed by atoms with van der Waals surface area (Å²) in [6.07, 6.45) is 0. The van der Waals surface area contributed by atoms with E-state index in [1.165, 1.54) is 0 Å². The third-order valence-electron chi connectivity index (χ3n) is 2.05. The topological polar surface area (TPSA) is 55.2 Å². The van der Waals surface area contributed by atoms with Gasteiger partial charge in [0.25, 0.3) is 0 Å². The number of nitrogens with zero attached hydrogens (tertiary/aromatic N) is 2. The maximum atomic E-state index is 9.05. The van der Waals surface area contributed by atoms with Crippen molar-refractivity contribution in [3.05, 3.63) is 45.3 Å². The van der Waals surface area contributed by atoms with E-state index in [1.54, 1.807) is 6.07 Å². The molecular weight excluding hydrogens is 331 g/mol. The van der Waals surface area contributed by atoms with Gasteiger partial charge >= 0.3 is 6.01 Å². The van der Waals surface area contributed by atoms with Crippen LogP contribution in [0.3, 0.4) is 0 Å². The predicted octanol–water partition coefficient (Wildman–Crippen LogP) is 2.67. The van der Waals surface area contributed by atoms with Crippen molar-refractivity contribution >= 4 is 22.6 Å². The molecule has 0 bridgehead atoms. The summed E-state index contributed by atoms with van der Waals surface area (Å²) in [6.45, 7) is 1.72. The summed E-state index contributed by atoms with van der Waals surface area (Å²) in [5.74, 6) is 0.686. The summed E-state index contributed by atoms with van der Waals surface area (Å²) in [7, 11) is 0. The molecule has 88 valence electrons.